The second-order valence-electron chi connectivity index (χ2n) is 14.2. The highest BCUT2D eigenvalue weighted by atomic mass is 32.1. The van der Waals surface area contributed by atoms with Crippen LogP contribution in [0.25, 0.3) is 102 Å². The third kappa shape index (κ3) is 5.67. The summed E-state index contributed by atoms with van der Waals surface area (Å²) in [6.07, 6.45) is 9.18. The van der Waals surface area contributed by atoms with Crippen LogP contribution in [0.1, 0.15) is 18.4 Å². The maximum Gasteiger partial charge on any atom is 0.165 e. The monoisotopic (exact) mass is 751 g/mol. The Bertz CT molecular complexity index is 3190. The van der Waals surface area contributed by atoms with Crippen LogP contribution in [0.4, 0.5) is 0 Å². The van der Waals surface area contributed by atoms with Crippen LogP contribution >= 0.6 is 22.7 Å². The third-order valence-corrected chi connectivity index (χ3v) is 13.2. The zero-order chi connectivity index (χ0) is 37.0. The van der Waals surface area contributed by atoms with E-state index in [0.29, 0.717) is 17.5 Å². The Labute approximate surface area is 332 Å². The van der Waals surface area contributed by atoms with E-state index in [4.69, 9.17) is 15.0 Å². The highest BCUT2D eigenvalue weighted by Crippen LogP contribution is 2.46. The standard InChI is InChI=1S/C51H33N3S2/c1-4-14-32(15-5-1)35-20-12-21-37(30-35)50-52-49(34-18-8-3-9-19-34)53-51(54-50)42-24-13-23-40-43-31-36(26-29-45(43)55-47(40)42)39-28-27-38(33-16-6-2-7-17-33)46-41-22-10-11-25-44(41)56-48(39)46/h1,3-6,8-31H,2,7H2. The summed E-state index contributed by atoms with van der Waals surface area (Å²) in [7, 11) is 0. The number of allylic oxidation sites excluding steroid dienone is 4. The minimum Gasteiger partial charge on any atom is -0.208 e. The van der Waals surface area contributed by atoms with Gasteiger partial charge in [0.2, 0.25) is 0 Å². The first kappa shape index (κ1) is 32.9. The first-order valence-electron chi connectivity index (χ1n) is 19.0. The molecular formula is C51H33N3S2. The van der Waals surface area contributed by atoms with Gasteiger partial charge < -0.3 is 0 Å². The molecule has 1 aliphatic rings. The molecule has 10 aromatic rings. The van der Waals surface area contributed by atoms with Gasteiger partial charge in [-0.3, -0.25) is 0 Å². The number of hydrogen-bond acceptors (Lipinski definition) is 5. The molecule has 11 rings (SSSR count). The topological polar surface area (TPSA) is 38.7 Å². The zero-order valence-corrected chi connectivity index (χ0v) is 31.9. The van der Waals surface area contributed by atoms with Crippen molar-refractivity contribution >= 4 is 68.6 Å². The molecule has 3 aromatic heterocycles. The Morgan fingerprint density at radius 2 is 1.05 bits per heavy atom. The fraction of sp³-hybridized carbons (Fsp3) is 0.0392. The van der Waals surface area contributed by atoms with Gasteiger partial charge in [0.05, 0.1) is 0 Å². The molecular weight excluding hydrogens is 719 g/mol. The number of thiophene rings is 2. The minimum atomic E-state index is 0.655. The molecule has 5 heteroatoms. The van der Waals surface area contributed by atoms with E-state index in [-0.39, 0.29) is 0 Å². The lowest BCUT2D eigenvalue weighted by Gasteiger charge is -2.12. The predicted molar refractivity (Wildman–Crippen MR) is 239 cm³/mol. The van der Waals surface area contributed by atoms with E-state index in [1.54, 1.807) is 11.3 Å². The van der Waals surface area contributed by atoms with Gasteiger partial charge in [-0.15, -0.1) is 22.7 Å². The number of benzene rings is 7. The van der Waals surface area contributed by atoms with Crippen molar-refractivity contribution in [1.29, 1.82) is 0 Å². The lowest BCUT2D eigenvalue weighted by Crippen LogP contribution is -2.00. The van der Waals surface area contributed by atoms with E-state index in [2.05, 4.69) is 152 Å². The van der Waals surface area contributed by atoms with Gasteiger partial charge in [-0.2, -0.15) is 0 Å². The summed E-state index contributed by atoms with van der Waals surface area (Å²) in [5.74, 6) is 1.98. The van der Waals surface area contributed by atoms with E-state index in [9.17, 15) is 0 Å². The average Bonchev–Trinajstić information content (AvgIpc) is 3.86. The molecule has 0 amide bonds. The van der Waals surface area contributed by atoms with Crippen molar-refractivity contribution in [2.45, 2.75) is 12.8 Å². The number of hydrogen-bond donors (Lipinski definition) is 0. The van der Waals surface area contributed by atoms with Gasteiger partial charge in [0.15, 0.2) is 17.5 Å². The van der Waals surface area contributed by atoms with Crippen LogP contribution < -0.4 is 0 Å². The van der Waals surface area contributed by atoms with E-state index in [1.807, 2.05) is 35.6 Å². The van der Waals surface area contributed by atoms with Crippen LogP contribution in [0, 0.1) is 0 Å². The second kappa shape index (κ2) is 13.6. The van der Waals surface area contributed by atoms with Crippen LogP contribution in [0.3, 0.4) is 0 Å². The van der Waals surface area contributed by atoms with Gasteiger partial charge >= 0.3 is 0 Å². The van der Waals surface area contributed by atoms with Crippen LogP contribution in [0.2, 0.25) is 0 Å². The Balaban J connectivity index is 1.07. The number of fused-ring (bicyclic) bond motifs is 6. The van der Waals surface area contributed by atoms with E-state index < -0.39 is 0 Å². The number of rotatable bonds is 6. The van der Waals surface area contributed by atoms with E-state index >= 15 is 0 Å². The molecule has 0 radical (unpaired) electrons. The summed E-state index contributed by atoms with van der Waals surface area (Å²) in [6, 6.07) is 56.2. The molecule has 3 nitrogen and oxygen atoms in total. The lowest BCUT2D eigenvalue weighted by molar-refractivity contribution is 1.04. The molecule has 56 heavy (non-hydrogen) atoms. The number of nitrogens with zero attached hydrogens (tertiary/aromatic N) is 3. The summed E-state index contributed by atoms with van der Waals surface area (Å²) >= 11 is 3.71. The molecule has 3 heterocycles. The predicted octanol–water partition coefficient (Wildman–Crippen LogP) is 14.7. The van der Waals surface area contributed by atoms with Gasteiger partial charge in [-0.05, 0) is 76.6 Å². The molecule has 0 bridgehead atoms. The van der Waals surface area contributed by atoms with Crippen molar-refractivity contribution in [1.82, 2.24) is 15.0 Å². The molecule has 7 aromatic carbocycles. The summed E-state index contributed by atoms with van der Waals surface area (Å²) in [5.41, 5.74) is 10.3. The van der Waals surface area contributed by atoms with Gasteiger partial charge in [-0.1, -0.05) is 146 Å². The Kier molecular flexibility index (Phi) is 8.01. The maximum atomic E-state index is 5.20. The van der Waals surface area contributed by atoms with Crippen LogP contribution in [0.5, 0.6) is 0 Å². The highest BCUT2D eigenvalue weighted by molar-refractivity contribution is 7.27. The first-order valence-corrected chi connectivity index (χ1v) is 20.6. The van der Waals surface area contributed by atoms with Gasteiger partial charge in [-0.25, -0.2) is 15.0 Å². The average molecular weight is 752 g/mol. The van der Waals surface area contributed by atoms with Crippen molar-refractivity contribution in [2.75, 3.05) is 0 Å². The Morgan fingerprint density at radius 3 is 1.89 bits per heavy atom. The SMILES string of the molecule is C1=CC(c2ccc(-c3ccc4sc5c(-c6nc(-c7ccccc7)nc(-c7cccc(-c8ccccc8)c7)n6)cccc5c4c3)c3sc4ccccc4c23)=CCC1. The van der Waals surface area contributed by atoms with Gasteiger partial charge in [0.25, 0.3) is 0 Å². The fourth-order valence-electron chi connectivity index (χ4n) is 8.06. The molecule has 0 fully saturated rings. The van der Waals surface area contributed by atoms with E-state index in [1.165, 1.54) is 62.6 Å². The van der Waals surface area contributed by atoms with Crippen molar-refractivity contribution in [3.8, 4) is 56.4 Å². The van der Waals surface area contributed by atoms with Crippen LogP contribution in [-0.2, 0) is 0 Å². The summed E-state index contributed by atoms with van der Waals surface area (Å²) in [6.45, 7) is 0. The van der Waals surface area contributed by atoms with Crippen molar-refractivity contribution in [3.63, 3.8) is 0 Å². The Hall–Kier alpha value is -6.53. The molecule has 0 saturated heterocycles. The van der Waals surface area contributed by atoms with Gasteiger partial charge in [0, 0.05) is 57.0 Å². The van der Waals surface area contributed by atoms with E-state index in [0.717, 1.165) is 40.7 Å². The minimum absolute atomic E-state index is 0.655. The smallest absolute Gasteiger partial charge is 0.165 e. The van der Waals surface area contributed by atoms with Crippen molar-refractivity contribution in [3.05, 3.63) is 182 Å². The summed E-state index contributed by atoms with van der Waals surface area (Å²) in [5, 5.41) is 5.14. The third-order valence-electron chi connectivity index (χ3n) is 10.8. The molecule has 0 aliphatic heterocycles. The molecule has 0 spiro atoms. The quantitative estimate of drug-likeness (QED) is 0.170. The number of aromatic nitrogens is 3. The Morgan fingerprint density at radius 1 is 0.393 bits per heavy atom. The maximum absolute atomic E-state index is 5.20. The van der Waals surface area contributed by atoms with Gasteiger partial charge in [0.1, 0.15) is 0 Å². The molecule has 264 valence electrons. The van der Waals surface area contributed by atoms with Crippen LogP contribution in [0.15, 0.2) is 176 Å². The van der Waals surface area contributed by atoms with Crippen LogP contribution in [-0.4, -0.2) is 15.0 Å². The largest absolute Gasteiger partial charge is 0.208 e. The molecule has 0 atom stereocenters. The summed E-state index contributed by atoms with van der Waals surface area (Å²) in [4.78, 5) is 15.4. The zero-order valence-electron chi connectivity index (χ0n) is 30.3. The van der Waals surface area contributed by atoms with Crippen molar-refractivity contribution in [2.24, 2.45) is 0 Å². The van der Waals surface area contributed by atoms with Crippen molar-refractivity contribution < 1.29 is 0 Å². The highest BCUT2D eigenvalue weighted by Gasteiger charge is 2.20. The fourth-order valence-corrected chi connectivity index (χ4v) is 10.5. The molecule has 0 unspecified atom stereocenters. The second-order valence-corrected chi connectivity index (χ2v) is 16.3. The molecule has 1 aliphatic carbocycles. The first-order chi connectivity index (χ1) is 27.7. The lowest BCUT2D eigenvalue weighted by atomic mass is 9.92. The molecule has 0 N–H and O–H groups in total. The molecule has 0 saturated carbocycles. The normalized spacial score (nSPS) is 12.9. The summed E-state index contributed by atoms with van der Waals surface area (Å²) < 4.78 is 5.07.